The first-order valence-electron chi connectivity index (χ1n) is 7.22. The lowest BCUT2D eigenvalue weighted by Crippen LogP contribution is -2.32. The number of hydrogen-bond acceptors (Lipinski definition) is 7. The average Bonchev–Trinajstić information content (AvgIpc) is 3.23. The van der Waals surface area contributed by atoms with Crippen LogP contribution in [-0.4, -0.2) is 33.0 Å². The topological polar surface area (TPSA) is 103 Å². The third kappa shape index (κ3) is 2.45. The molecule has 0 fully saturated rings. The Kier molecular flexibility index (Phi) is 3.35. The third-order valence-corrected chi connectivity index (χ3v) is 3.60. The van der Waals surface area contributed by atoms with E-state index >= 15 is 0 Å². The van der Waals surface area contributed by atoms with Gasteiger partial charge in [0.1, 0.15) is 0 Å². The minimum absolute atomic E-state index is 0.171. The van der Waals surface area contributed by atoms with E-state index in [0.717, 1.165) is 0 Å². The molecule has 8 heteroatoms. The number of benzene rings is 1. The zero-order chi connectivity index (χ0) is 17.4. The molecule has 0 saturated heterocycles. The molecule has 0 saturated carbocycles. The van der Waals surface area contributed by atoms with Gasteiger partial charge in [0.2, 0.25) is 0 Å². The standard InChI is InChI=1S/C17H9N3O5/c21-15-11-5-1-2-6-12(11)16(22)20(15)25-17(23)13-8-14(24-19-13)10-4-3-7-18-9-10/h1-9H. The summed E-state index contributed by atoms with van der Waals surface area (Å²) in [5.74, 6) is -2.08. The van der Waals surface area contributed by atoms with Gasteiger partial charge in [-0.05, 0) is 24.3 Å². The maximum absolute atomic E-state index is 12.2. The summed E-state index contributed by atoms with van der Waals surface area (Å²) in [4.78, 5) is 45.4. The second-order valence-electron chi connectivity index (χ2n) is 5.15. The average molecular weight is 335 g/mol. The van der Waals surface area contributed by atoms with Crippen LogP contribution in [0, 0.1) is 0 Å². The molecule has 2 amide bonds. The van der Waals surface area contributed by atoms with Crippen LogP contribution in [0.4, 0.5) is 0 Å². The molecule has 4 rings (SSSR count). The van der Waals surface area contributed by atoms with Crippen molar-refractivity contribution in [2.24, 2.45) is 0 Å². The summed E-state index contributed by atoms with van der Waals surface area (Å²) in [6, 6.07) is 11.0. The van der Waals surface area contributed by atoms with Gasteiger partial charge in [-0.2, -0.15) is 0 Å². The summed E-state index contributed by atoms with van der Waals surface area (Å²) in [6.07, 6.45) is 3.14. The van der Waals surface area contributed by atoms with E-state index in [1.54, 1.807) is 36.7 Å². The molecule has 0 N–H and O–H groups in total. The predicted octanol–water partition coefficient (Wildman–Crippen LogP) is 2.10. The van der Waals surface area contributed by atoms with Crippen LogP contribution in [0.25, 0.3) is 11.3 Å². The molecule has 2 aromatic heterocycles. The molecule has 0 aliphatic carbocycles. The first-order valence-corrected chi connectivity index (χ1v) is 7.22. The minimum atomic E-state index is -0.978. The van der Waals surface area contributed by atoms with E-state index in [0.29, 0.717) is 16.4 Å². The van der Waals surface area contributed by atoms with Crippen molar-refractivity contribution in [3.63, 3.8) is 0 Å². The molecule has 1 aliphatic heterocycles. The second-order valence-corrected chi connectivity index (χ2v) is 5.15. The quantitative estimate of drug-likeness (QED) is 0.675. The van der Waals surface area contributed by atoms with Gasteiger partial charge in [-0.15, -0.1) is 0 Å². The highest BCUT2D eigenvalue weighted by atomic mass is 16.7. The number of carbonyl (C=O) groups excluding carboxylic acids is 3. The van der Waals surface area contributed by atoms with Crippen molar-refractivity contribution >= 4 is 17.8 Å². The number of carbonyl (C=O) groups is 3. The van der Waals surface area contributed by atoms with E-state index in [-0.39, 0.29) is 16.8 Å². The number of aromatic nitrogens is 2. The first-order chi connectivity index (χ1) is 12.1. The van der Waals surface area contributed by atoms with Gasteiger partial charge in [-0.25, -0.2) is 4.79 Å². The summed E-state index contributed by atoms with van der Waals surface area (Å²) in [5.41, 5.74) is 0.804. The van der Waals surface area contributed by atoms with Crippen LogP contribution in [0.15, 0.2) is 59.4 Å². The molecular formula is C17H9N3O5. The van der Waals surface area contributed by atoms with Gasteiger partial charge in [0.25, 0.3) is 11.8 Å². The summed E-state index contributed by atoms with van der Waals surface area (Å²) in [5, 5.41) is 4.03. The SMILES string of the molecule is O=C(ON1C(=O)c2ccccc2C1=O)c1cc(-c2cccnc2)on1. The van der Waals surface area contributed by atoms with Crippen molar-refractivity contribution in [1.82, 2.24) is 15.2 Å². The van der Waals surface area contributed by atoms with E-state index in [2.05, 4.69) is 10.1 Å². The maximum Gasteiger partial charge on any atom is 0.385 e. The number of rotatable bonds is 3. The first kappa shape index (κ1) is 14.8. The van der Waals surface area contributed by atoms with Crippen molar-refractivity contribution in [3.05, 3.63) is 71.7 Å². The van der Waals surface area contributed by atoms with Crippen molar-refractivity contribution < 1.29 is 23.7 Å². The molecule has 0 bridgehead atoms. The normalized spacial score (nSPS) is 13.0. The largest absolute Gasteiger partial charge is 0.385 e. The zero-order valence-corrected chi connectivity index (χ0v) is 12.6. The highest BCUT2D eigenvalue weighted by molar-refractivity contribution is 6.21. The van der Waals surface area contributed by atoms with Gasteiger partial charge in [0, 0.05) is 24.0 Å². The summed E-state index contributed by atoms with van der Waals surface area (Å²) < 4.78 is 5.07. The van der Waals surface area contributed by atoms with E-state index in [4.69, 9.17) is 9.36 Å². The van der Waals surface area contributed by atoms with E-state index in [1.165, 1.54) is 18.2 Å². The number of nitrogens with zero attached hydrogens (tertiary/aromatic N) is 3. The molecule has 122 valence electrons. The van der Waals surface area contributed by atoms with Crippen molar-refractivity contribution in [1.29, 1.82) is 0 Å². The van der Waals surface area contributed by atoms with Gasteiger partial charge in [0.05, 0.1) is 11.1 Å². The van der Waals surface area contributed by atoms with Crippen molar-refractivity contribution in [2.75, 3.05) is 0 Å². The van der Waals surface area contributed by atoms with Crippen molar-refractivity contribution in [2.45, 2.75) is 0 Å². The smallest absolute Gasteiger partial charge is 0.355 e. The van der Waals surface area contributed by atoms with Crippen molar-refractivity contribution in [3.8, 4) is 11.3 Å². The Hall–Kier alpha value is -3.81. The van der Waals surface area contributed by atoms with Crippen LogP contribution in [-0.2, 0) is 4.84 Å². The van der Waals surface area contributed by atoms with Crippen LogP contribution in [0.5, 0.6) is 0 Å². The Labute approximate surface area is 140 Å². The molecule has 3 aromatic rings. The van der Waals surface area contributed by atoms with E-state index in [1.807, 2.05) is 0 Å². The van der Waals surface area contributed by atoms with Crippen LogP contribution >= 0.6 is 0 Å². The third-order valence-electron chi connectivity index (χ3n) is 3.60. The Morgan fingerprint density at radius 3 is 2.40 bits per heavy atom. The highest BCUT2D eigenvalue weighted by Crippen LogP contribution is 2.24. The van der Waals surface area contributed by atoms with E-state index < -0.39 is 17.8 Å². The molecule has 25 heavy (non-hydrogen) atoms. The lowest BCUT2D eigenvalue weighted by Gasteiger charge is -2.10. The predicted molar refractivity (Wildman–Crippen MR) is 82.1 cm³/mol. The van der Waals surface area contributed by atoms with Crippen LogP contribution in [0.1, 0.15) is 31.2 Å². The number of amides is 2. The fourth-order valence-electron chi connectivity index (χ4n) is 2.40. The highest BCUT2D eigenvalue weighted by Gasteiger charge is 2.39. The molecule has 1 aromatic carbocycles. The fourth-order valence-corrected chi connectivity index (χ4v) is 2.40. The Morgan fingerprint density at radius 1 is 1.04 bits per heavy atom. The molecule has 1 aliphatic rings. The van der Waals surface area contributed by atoms with Crippen LogP contribution < -0.4 is 0 Å². The number of fused-ring (bicyclic) bond motifs is 1. The fraction of sp³-hybridized carbons (Fsp3) is 0. The van der Waals surface area contributed by atoms with E-state index in [9.17, 15) is 14.4 Å². The van der Waals surface area contributed by atoms with Gasteiger partial charge in [-0.1, -0.05) is 22.4 Å². The molecule has 8 nitrogen and oxygen atoms in total. The lowest BCUT2D eigenvalue weighted by atomic mass is 10.1. The Morgan fingerprint density at radius 2 is 1.76 bits per heavy atom. The molecule has 3 heterocycles. The maximum atomic E-state index is 12.2. The van der Waals surface area contributed by atoms with Gasteiger partial charge >= 0.3 is 5.97 Å². The molecule has 0 spiro atoms. The summed E-state index contributed by atoms with van der Waals surface area (Å²) in [6.45, 7) is 0. The summed E-state index contributed by atoms with van der Waals surface area (Å²) >= 11 is 0. The van der Waals surface area contributed by atoms with Crippen LogP contribution in [0.3, 0.4) is 0 Å². The lowest BCUT2D eigenvalue weighted by molar-refractivity contribution is -0.0590. The summed E-state index contributed by atoms with van der Waals surface area (Å²) in [7, 11) is 0. The second kappa shape index (κ2) is 5.68. The molecule has 0 atom stereocenters. The van der Waals surface area contributed by atoms with Gasteiger partial charge in [0.15, 0.2) is 11.5 Å². The van der Waals surface area contributed by atoms with Gasteiger partial charge in [-0.3, -0.25) is 14.6 Å². The Bertz CT molecular complexity index is 961. The molecule has 0 unspecified atom stereocenters. The molecular weight excluding hydrogens is 326 g/mol. The number of imide groups is 1. The number of pyridine rings is 1. The minimum Gasteiger partial charge on any atom is -0.355 e. The van der Waals surface area contributed by atoms with Gasteiger partial charge < -0.3 is 9.36 Å². The van der Waals surface area contributed by atoms with Crippen LogP contribution in [0.2, 0.25) is 0 Å². The number of hydrogen-bond donors (Lipinski definition) is 0. The molecule has 0 radical (unpaired) electrons. The monoisotopic (exact) mass is 335 g/mol. The Balaban J connectivity index is 1.55. The number of hydroxylamine groups is 2. The zero-order valence-electron chi connectivity index (χ0n) is 12.6.